The Bertz CT molecular complexity index is 247. The summed E-state index contributed by atoms with van der Waals surface area (Å²) in [5, 5.41) is 3.50. The number of fused-ring (bicyclic) bond motifs is 1. The lowest BCUT2D eigenvalue weighted by atomic mass is 9.53. The molecule has 0 radical (unpaired) electrons. The highest BCUT2D eigenvalue weighted by Crippen LogP contribution is 2.54. The van der Waals surface area contributed by atoms with Gasteiger partial charge in [-0.1, -0.05) is 19.1 Å². The molecule has 4 aliphatic rings. The van der Waals surface area contributed by atoms with Crippen molar-refractivity contribution in [1.29, 1.82) is 0 Å². The Balaban J connectivity index is 2.09. The van der Waals surface area contributed by atoms with Gasteiger partial charge in [-0.2, -0.15) is 0 Å². The van der Waals surface area contributed by atoms with E-state index in [-0.39, 0.29) is 5.54 Å². The number of nitrogens with two attached hydrogens (primary N) is 1. The molecule has 1 aliphatic heterocycles. The van der Waals surface area contributed by atoms with Crippen LogP contribution in [-0.4, -0.2) is 18.6 Å². The molecule has 72 valence electrons. The Morgan fingerprint density at radius 1 is 1.23 bits per heavy atom. The van der Waals surface area contributed by atoms with E-state index in [0.717, 1.165) is 12.5 Å². The molecule has 1 heterocycles. The Morgan fingerprint density at radius 3 is 2.62 bits per heavy atom. The molecular formula is C11H18N2. The van der Waals surface area contributed by atoms with Crippen molar-refractivity contribution in [3.8, 4) is 0 Å². The highest BCUT2D eigenvalue weighted by Gasteiger charge is 2.55. The molecule has 2 bridgehead atoms. The number of hydrogen-bond donors (Lipinski definition) is 2. The molecule has 1 saturated carbocycles. The molecule has 0 aromatic carbocycles. The minimum Gasteiger partial charge on any atom is -0.322 e. The molecule has 0 spiro atoms. The molecule has 13 heavy (non-hydrogen) atoms. The fourth-order valence-electron chi connectivity index (χ4n) is 3.55. The van der Waals surface area contributed by atoms with Crippen molar-refractivity contribution in [3.63, 3.8) is 0 Å². The van der Waals surface area contributed by atoms with E-state index in [1.165, 1.54) is 19.4 Å². The molecule has 4 atom stereocenters. The largest absolute Gasteiger partial charge is 0.322 e. The molecule has 4 unspecified atom stereocenters. The molecule has 0 aromatic heterocycles. The summed E-state index contributed by atoms with van der Waals surface area (Å²) < 4.78 is 0. The summed E-state index contributed by atoms with van der Waals surface area (Å²) in [7, 11) is 0. The third kappa shape index (κ3) is 0.856. The molecule has 0 aromatic rings. The number of hydrogen-bond acceptors (Lipinski definition) is 2. The van der Waals surface area contributed by atoms with E-state index in [4.69, 9.17) is 5.73 Å². The molecule has 1 saturated heterocycles. The molecule has 2 nitrogen and oxygen atoms in total. The lowest BCUT2D eigenvalue weighted by Crippen LogP contribution is -2.58. The average molecular weight is 178 g/mol. The normalized spacial score (nSPS) is 58.3. The van der Waals surface area contributed by atoms with Gasteiger partial charge in [-0.25, -0.2) is 0 Å². The minimum atomic E-state index is 0.0198. The van der Waals surface area contributed by atoms with Crippen molar-refractivity contribution in [2.75, 3.05) is 13.1 Å². The van der Waals surface area contributed by atoms with E-state index >= 15 is 0 Å². The first-order chi connectivity index (χ1) is 6.14. The Labute approximate surface area is 79.6 Å². The number of nitrogens with one attached hydrogen (secondary N) is 1. The molecule has 2 fully saturated rings. The Kier molecular flexibility index (Phi) is 1.34. The van der Waals surface area contributed by atoms with Crippen LogP contribution in [0.5, 0.6) is 0 Å². The van der Waals surface area contributed by atoms with Crippen molar-refractivity contribution >= 4 is 0 Å². The van der Waals surface area contributed by atoms with E-state index in [0.29, 0.717) is 11.3 Å². The number of rotatable bonds is 0. The van der Waals surface area contributed by atoms with Crippen LogP contribution in [0.3, 0.4) is 0 Å². The summed E-state index contributed by atoms with van der Waals surface area (Å²) in [4.78, 5) is 0. The maximum absolute atomic E-state index is 6.41. The van der Waals surface area contributed by atoms with Gasteiger partial charge in [0.25, 0.3) is 0 Å². The van der Waals surface area contributed by atoms with E-state index in [1.54, 1.807) is 0 Å². The SMILES string of the molecule is CC12C=CC(N)(CC1)C1CNCC12. The minimum absolute atomic E-state index is 0.0198. The van der Waals surface area contributed by atoms with E-state index < -0.39 is 0 Å². The van der Waals surface area contributed by atoms with Gasteiger partial charge < -0.3 is 11.1 Å². The molecule has 3 N–H and O–H groups in total. The smallest absolute Gasteiger partial charge is 0.0383 e. The summed E-state index contributed by atoms with van der Waals surface area (Å²) in [6, 6.07) is 0. The van der Waals surface area contributed by atoms with Gasteiger partial charge in [-0.3, -0.25) is 0 Å². The van der Waals surface area contributed by atoms with Crippen LogP contribution in [0.1, 0.15) is 19.8 Å². The number of allylic oxidation sites excluding steroid dienone is 1. The fourth-order valence-corrected chi connectivity index (χ4v) is 3.55. The van der Waals surface area contributed by atoms with Crippen LogP contribution in [0.4, 0.5) is 0 Å². The fraction of sp³-hybridized carbons (Fsp3) is 0.818. The second-order valence-corrected chi connectivity index (χ2v) is 5.32. The van der Waals surface area contributed by atoms with Crippen LogP contribution < -0.4 is 11.1 Å². The van der Waals surface area contributed by atoms with E-state index in [2.05, 4.69) is 24.4 Å². The topological polar surface area (TPSA) is 38.0 Å². The zero-order chi connectivity index (χ0) is 9.10. The van der Waals surface area contributed by atoms with Gasteiger partial charge in [0.15, 0.2) is 0 Å². The summed E-state index contributed by atoms with van der Waals surface area (Å²) in [5.74, 6) is 1.48. The second-order valence-electron chi connectivity index (χ2n) is 5.32. The summed E-state index contributed by atoms with van der Waals surface area (Å²) >= 11 is 0. The molecular weight excluding hydrogens is 160 g/mol. The maximum Gasteiger partial charge on any atom is 0.0383 e. The van der Waals surface area contributed by atoms with Crippen molar-refractivity contribution in [3.05, 3.63) is 12.2 Å². The first-order valence-electron chi connectivity index (χ1n) is 5.34. The predicted octanol–water partition coefficient (Wildman–Crippen LogP) is 0.889. The van der Waals surface area contributed by atoms with Crippen LogP contribution >= 0.6 is 0 Å². The van der Waals surface area contributed by atoms with Crippen LogP contribution in [0.2, 0.25) is 0 Å². The quantitative estimate of drug-likeness (QED) is 0.541. The summed E-state index contributed by atoms with van der Waals surface area (Å²) in [5.41, 5.74) is 6.87. The van der Waals surface area contributed by atoms with Crippen molar-refractivity contribution < 1.29 is 0 Å². The average Bonchev–Trinajstić information content (AvgIpc) is 2.59. The van der Waals surface area contributed by atoms with Crippen LogP contribution in [0.25, 0.3) is 0 Å². The van der Waals surface area contributed by atoms with Gasteiger partial charge in [0, 0.05) is 12.1 Å². The predicted molar refractivity (Wildman–Crippen MR) is 53.2 cm³/mol. The summed E-state index contributed by atoms with van der Waals surface area (Å²) in [6.07, 6.45) is 7.13. The standard InChI is InChI=1S/C11H18N2/c1-10-2-4-11(12,5-3-10)9-7-13-6-8(9)10/h2,4,8-9,13H,3,5-7,12H2,1H3. The first kappa shape index (κ1) is 8.01. The van der Waals surface area contributed by atoms with Crippen molar-refractivity contribution in [1.82, 2.24) is 5.32 Å². The van der Waals surface area contributed by atoms with Gasteiger partial charge in [0.1, 0.15) is 0 Å². The lowest BCUT2D eigenvalue weighted by Gasteiger charge is -2.53. The molecule has 2 heteroatoms. The van der Waals surface area contributed by atoms with Gasteiger partial charge >= 0.3 is 0 Å². The van der Waals surface area contributed by atoms with Gasteiger partial charge in [-0.15, -0.1) is 0 Å². The zero-order valence-corrected chi connectivity index (χ0v) is 8.22. The Hall–Kier alpha value is -0.340. The highest BCUT2D eigenvalue weighted by molar-refractivity contribution is 5.26. The highest BCUT2D eigenvalue weighted by atomic mass is 15.0. The monoisotopic (exact) mass is 178 g/mol. The van der Waals surface area contributed by atoms with Gasteiger partial charge in [0.2, 0.25) is 0 Å². The third-order valence-electron chi connectivity index (χ3n) is 4.62. The second kappa shape index (κ2) is 2.18. The van der Waals surface area contributed by atoms with Gasteiger partial charge in [0.05, 0.1) is 0 Å². The van der Waals surface area contributed by atoms with Gasteiger partial charge in [-0.05, 0) is 36.6 Å². The van der Waals surface area contributed by atoms with Crippen LogP contribution in [-0.2, 0) is 0 Å². The molecule has 4 rings (SSSR count). The maximum atomic E-state index is 6.41. The lowest BCUT2D eigenvalue weighted by molar-refractivity contribution is 0.0687. The third-order valence-corrected chi connectivity index (χ3v) is 4.62. The van der Waals surface area contributed by atoms with Crippen LogP contribution in [0, 0.1) is 17.3 Å². The van der Waals surface area contributed by atoms with E-state index in [9.17, 15) is 0 Å². The summed E-state index contributed by atoms with van der Waals surface area (Å²) in [6.45, 7) is 4.69. The molecule has 3 aliphatic carbocycles. The molecule has 0 amide bonds. The van der Waals surface area contributed by atoms with Crippen molar-refractivity contribution in [2.24, 2.45) is 23.0 Å². The zero-order valence-electron chi connectivity index (χ0n) is 8.22. The van der Waals surface area contributed by atoms with Crippen LogP contribution in [0.15, 0.2) is 12.2 Å². The Morgan fingerprint density at radius 2 is 2.00 bits per heavy atom. The van der Waals surface area contributed by atoms with E-state index in [1.807, 2.05) is 0 Å². The first-order valence-corrected chi connectivity index (χ1v) is 5.34. The van der Waals surface area contributed by atoms with Crippen molar-refractivity contribution in [2.45, 2.75) is 25.3 Å².